The smallest absolute Gasteiger partial charge is 0.0597 e. The van der Waals surface area contributed by atoms with E-state index < -0.39 is 0 Å². The lowest BCUT2D eigenvalue weighted by Gasteiger charge is -2.17. The fourth-order valence-electron chi connectivity index (χ4n) is 1.07. The van der Waals surface area contributed by atoms with Gasteiger partial charge in [-0.2, -0.15) is 0 Å². The van der Waals surface area contributed by atoms with Crippen molar-refractivity contribution in [3.8, 4) is 12.3 Å². The number of nitrogens with two attached hydrogens (primary N) is 1. The lowest BCUT2D eigenvalue weighted by molar-refractivity contribution is 0.337. The second-order valence-electron chi connectivity index (χ2n) is 3.24. The zero-order chi connectivity index (χ0) is 7.61. The Morgan fingerprint density at radius 3 is 2.70 bits per heavy atom. The van der Waals surface area contributed by atoms with E-state index in [0.717, 1.165) is 19.4 Å². The van der Waals surface area contributed by atoms with Crippen molar-refractivity contribution >= 4 is 0 Å². The third-order valence-electron chi connectivity index (χ3n) is 1.84. The summed E-state index contributed by atoms with van der Waals surface area (Å²) >= 11 is 0. The largest absolute Gasteiger partial charge is 0.324 e. The summed E-state index contributed by atoms with van der Waals surface area (Å²) in [6.07, 6.45) is 7.45. The number of likely N-dealkylation sites (N-methyl/N-ethyl adjacent to an activating group) is 1. The molecule has 0 atom stereocenters. The molecule has 1 saturated carbocycles. The number of nitrogens with zero attached hydrogens (tertiary/aromatic N) is 1. The molecule has 10 heavy (non-hydrogen) atoms. The van der Waals surface area contributed by atoms with Gasteiger partial charge in [-0.05, 0) is 19.9 Å². The van der Waals surface area contributed by atoms with E-state index >= 15 is 0 Å². The normalized spacial score (nSPS) is 20.6. The molecule has 56 valence electrons. The first-order valence-corrected chi connectivity index (χ1v) is 3.57. The summed E-state index contributed by atoms with van der Waals surface area (Å²) in [6, 6.07) is 0. The number of hydrogen-bond donors (Lipinski definition) is 1. The van der Waals surface area contributed by atoms with Gasteiger partial charge in [0.05, 0.1) is 6.54 Å². The first kappa shape index (κ1) is 7.59. The second kappa shape index (κ2) is 2.61. The van der Waals surface area contributed by atoms with Crippen LogP contribution >= 0.6 is 0 Å². The lowest BCUT2D eigenvalue weighted by Crippen LogP contribution is -2.37. The molecule has 0 saturated heterocycles. The average molecular weight is 138 g/mol. The highest BCUT2D eigenvalue weighted by molar-refractivity contribution is 5.02. The lowest BCUT2D eigenvalue weighted by atomic mass is 10.3. The quantitative estimate of drug-likeness (QED) is 0.558. The molecule has 0 aromatic heterocycles. The summed E-state index contributed by atoms with van der Waals surface area (Å²) in [6.45, 7) is 1.65. The topological polar surface area (TPSA) is 29.3 Å². The number of rotatable bonds is 3. The molecule has 0 unspecified atom stereocenters. The maximum atomic E-state index is 5.87. The van der Waals surface area contributed by atoms with E-state index in [4.69, 9.17) is 12.2 Å². The van der Waals surface area contributed by atoms with Crippen LogP contribution in [0, 0.1) is 12.3 Å². The van der Waals surface area contributed by atoms with E-state index in [0.29, 0.717) is 6.54 Å². The Bertz CT molecular complexity index is 153. The Kier molecular flexibility index (Phi) is 1.98. The van der Waals surface area contributed by atoms with E-state index in [-0.39, 0.29) is 5.54 Å². The highest BCUT2D eigenvalue weighted by Gasteiger charge is 2.38. The van der Waals surface area contributed by atoms with Crippen molar-refractivity contribution < 1.29 is 0 Å². The molecule has 0 aromatic rings. The van der Waals surface area contributed by atoms with Gasteiger partial charge in [-0.3, -0.25) is 4.90 Å². The van der Waals surface area contributed by atoms with E-state index in [1.54, 1.807) is 0 Å². The van der Waals surface area contributed by atoms with Crippen LogP contribution in [0.4, 0.5) is 0 Å². The van der Waals surface area contributed by atoms with Crippen molar-refractivity contribution in [3.05, 3.63) is 0 Å². The Balaban J connectivity index is 2.19. The van der Waals surface area contributed by atoms with Gasteiger partial charge in [0.2, 0.25) is 0 Å². The van der Waals surface area contributed by atoms with E-state index in [1.165, 1.54) is 0 Å². The van der Waals surface area contributed by atoms with Gasteiger partial charge in [0.1, 0.15) is 0 Å². The Morgan fingerprint density at radius 1 is 1.70 bits per heavy atom. The van der Waals surface area contributed by atoms with Crippen molar-refractivity contribution in [2.75, 3.05) is 20.1 Å². The molecule has 0 aromatic carbocycles. The molecule has 2 heteroatoms. The van der Waals surface area contributed by atoms with Crippen LogP contribution in [0.15, 0.2) is 0 Å². The molecule has 0 spiro atoms. The predicted molar refractivity (Wildman–Crippen MR) is 42.5 cm³/mol. The van der Waals surface area contributed by atoms with Crippen LogP contribution in [-0.2, 0) is 0 Å². The van der Waals surface area contributed by atoms with Gasteiger partial charge in [-0.1, -0.05) is 5.92 Å². The minimum Gasteiger partial charge on any atom is -0.324 e. The minimum atomic E-state index is 0.103. The van der Waals surface area contributed by atoms with Gasteiger partial charge in [-0.25, -0.2) is 0 Å². The number of hydrogen-bond acceptors (Lipinski definition) is 2. The van der Waals surface area contributed by atoms with E-state index in [9.17, 15) is 0 Å². The molecule has 0 heterocycles. The average Bonchev–Trinajstić information content (AvgIpc) is 2.48. The summed E-state index contributed by atoms with van der Waals surface area (Å²) in [7, 11) is 2.01. The van der Waals surface area contributed by atoms with Crippen LogP contribution in [0.3, 0.4) is 0 Å². The van der Waals surface area contributed by atoms with Crippen LogP contribution < -0.4 is 5.73 Å². The fourth-order valence-corrected chi connectivity index (χ4v) is 1.07. The molecule has 1 rings (SSSR count). The molecule has 1 aliphatic carbocycles. The maximum Gasteiger partial charge on any atom is 0.0597 e. The molecule has 0 aliphatic heterocycles. The summed E-state index contributed by atoms with van der Waals surface area (Å²) in [5.74, 6) is 2.59. The molecule has 0 radical (unpaired) electrons. The van der Waals surface area contributed by atoms with Crippen molar-refractivity contribution in [2.24, 2.45) is 5.73 Å². The van der Waals surface area contributed by atoms with E-state index in [2.05, 4.69) is 10.8 Å². The Hall–Kier alpha value is -0.520. The highest BCUT2D eigenvalue weighted by atomic mass is 15.1. The van der Waals surface area contributed by atoms with Gasteiger partial charge in [0.25, 0.3) is 0 Å². The van der Waals surface area contributed by atoms with Crippen LogP contribution in [0.1, 0.15) is 12.8 Å². The van der Waals surface area contributed by atoms with Gasteiger partial charge in [0.15, 0.2) is 0 Å². The molecule has 2 nitrogen and oxygen atoms in total. The van der Waals surface area contributed by atoms with Crippen LogP contribution in [0.2, 0.25) is 0 Å². The summed E-state index contributed by atoms with van der Waals surface area (Å²) in [5.41, 5.74) is 5.97. The molecular weight excluding hydrogens is 124 g/mol. The monoisotopic (exact) mass is 138 g/mol. The third kappa shape index (κ3) is 2.02. The molecule has 0 bridgehead atoms. The Morgan fingerprint density at radius 2 is 2.30 bits per heavy atom. The minimum absolute atomic E-state index is 0.103. The first-order valence-electron chi connectivity index (χ1n) is 3.57. The number of terminal acetylenes is 1. The van der Waals surface area contributed by atoms with Gasteiger partial charge in [0, 0.05) is 12.1 Å². The van der Waals surface area contributed by atoms with Crippen LogP contribution in [0.5, 0.6) is 0 Å². The van der Waals surface area contributed by atoms with Gasteiger partial charge >= 0.3 is 0 Å². The molecule has 1 fully saturated rings. The Labute approximate surface area is 62.4 Å². The zero-order valence-corrected chi connectivity index (χ0v) is 6.43. The standard InChI is InChI=1S/C8H14N2/c1-3-6-10(2)7-8(9)4-5-8/h1H,4-7,9H2,2H3. The fraction of sp³-hybridized carbons (Fsp3) is 0.750. The third-order valence-corrected chi connectivity index (χ3v) is 1.84. The van der Waals surface area contributed by atoms with Gasteiger partial charge in [-0.15, -0.1) is 6.42 Å². The van der Waals surface area contributed by atoms with Crippen LogP contribution in [-0.4, -0.2) is 30.6 Å². The van der Waals surface area contributed by atoms with Gasteiger partial charge < -0.3 is 5.73 Å². The van der Waals surface area contributed by atoms with Crippen molar-refractivity contribution in [1.82, 2.24) is 4.90 Å². The highest BCUT2D eigenvalue weighted by Crippen LogP contribution is 2.32. The van der Waals surface area contributed by atoms with Crippen molar-refractivity contribution in [1.29, 1.82) is 0 Å². The molecule has 1 aliphatic rings. The summed E-state index contributed by atoms with van der Waals surface area (Å²) in [4.78, 5) is 2.09. The molecular formula is C8H14N2. The summed E-state index contributed by atoms with van der Waals surface area (Å²) < 4.78 is 0. The predicted octanol–water partition coefficient (Wildman–Crippen LogP) is 0.0427. The maximum absolute atomic E-state index is 5.87. The summed E-state index contributed by atoms with van der Waals surface area (Å²) in [5, 5.41) is 0. The molecule has 0 amide bonds. The van der Waals surface area contributed by atoms with Crippen molar-refractivity contribution in [2.45, 2.75) is 18.4 Å². The SMILES string of the molecule is C#CCN(C)CC1(N)CC1. The molecule has 2 N–H and O–H groups in total. The van der Waals surface area contributed by atoms with Crippen molar-refractivity contribution in [3.63, 3.8) is 0 Å². The first-order chi connectivity index (χ1) is 4.66. The zero-order valence-electron chi connectivity index (χ0n) is 6.43. The van der Waals surface area contributed by atoms with E-state index in [1.807, 2.05) is 7.05 Å². The second-order valence-corrected chi connectivity index (χ2v) is 3.24. The van der Waals surface area contributed by atoms with Crippen LogP contribution in [0.25, 0.3) is 0 Å².